The molecule has 0 spiro atoms. The number of halogens is 1. The summed E-state index contributed by atoms with van der Waals surface area (Å²) in [5.41, 5.74) is 1.09. The van der Waals surface area contributed by atoms with Crippen LogP contribution in [0, 0.1) is 0 Å². The Morgan fingerprint density at radius 1 is 1.56 bits per heavy atom. The minimum Gasteiger partial charge on any atom is -0.358 e. The van der Waals surface area contributed by atoms with Gasteiger partial charge in [-0.2, -0.15) is 0 Å². The molecule has 0 aromatic carbocycles. The van der Waals surface area contributed by atoms with Gasteiger partial charge < -0.3 is 5.32 Å². The first-order valence-corrected chi connectivity index (χ1v) is 6.64. The second kappa shape index (κ2) is 6.16. The topological polar surface area (TPSA) is 45.2 Å². The number of likely N-dealkylation sites (tertiary alicyclic amines) is 1. The Morgan fingerprint density at radius 3 is 3.06 bits per heavy atom. The maximum absolute atomic E-state index is 11.8. The van der Waals surface area contributed by atoms with E-state index in [2.05, 4.69) is 15.2 Å². The van der Waals surface area contributed by atoms with E-state index < -0.39 is 0 Å². The molecule has 1 amide bonds. The van der Waals surface area contributed by atoms with Crippen LogP contribution in [0.25, 0.3) is 0 Å². The van der Waals surface area contributed by atoms with Crippen molar-refractivity contribution in [3.63, 3.8) is 0 Å². The van der Waals surface area contributed by atoms with Crippen LogP contribution in [0.15, 0.2) is 18.3 Å². The summed E-state index contributed by atoms with van der Waals surface area (Å²) in [5, 5.41) is 3.24. The standard InChI is InChI=1S/C13H18ClN3O/c1-15-13(18)11-4-2-3-7-17(11)9-10-5-6-12(14)16-8-10/h5-6,8,11H,2-4,7,9H2,1H3,(H,15,18). The lowest BCUT2D eigenvalue weighted by molar-refractivity contribution is -0.127. The molecule has 1 aromatic heterocycles. The van der Waals surface area contributed by atoms with E-state index in [0.717, 1.165) is 37.9 Å². The van der Waals surface area contributed by atoms with E-state index in [-0.39, 0.29) is 11.9 Å². The molecular weight excluding hydrogens is 250 g/mol. The Labute approximate surface area is 112 Å². The number of pyridine rings is 1. The lowest BCUT2D eigenvalue weighted by atomic mass is 10.0. The third-order valence-corrected chi connectivity index (χ3v) is 3.56. The third-order valence-electron chi connectivity index (χ3n) is 3.34. The molecule has 2 rings (SSSR count). The third kappa shape index (κ3) is 3.21. The Bertz CT molecular complexity index is 407. The number of amides is 1. The van der Waals surface area contributed by atoms with E-state index in [1.165, 1.54) is 0 Å². The van der Waals surface area contributed by atoms with Gasteiger partial charge in [0.25, 0.3) is 0 Å². The largest absolute Gasteiger partial charge is 0.358 e. The average Bonchev–Trinajstić information content (AvgIpc) is 2.41. The van der Waals surface area contributed by atoms with Gasteiger partial charge in [-0.3, -0.25) is 9.69 Å². The predicted octanol–water partition coefficient (Wildman–Crippen LogP) is 1.84. The van der Waals surface area contributed by atoms with Crippen molar-refractivity contribution in [3.05, 3.63) is 29.0 Å². The van der Waals surface area contributed by atoms with Crippen molar-refractivity contribution >= 4 is 17.5 Å². The van der Waals surface area contributed by atoms with Crippen molar-refractivity contribution in [2.24, 2.45) is 0 Å². The van der Waals surface area contributed by atoms with Crippen molar-refractivity contribution in [1.29, 1.82) is 0 Å². The summed E-state index contributed by atoms with van der Waals surface area (Å²) in [6.07, 6.45) is 4.97. The Kier molecular flexibility index (Phi) is 4.55. The van der Waals surface area contributed by atoms with Crippen molar-refractivity contribution in [1.82, 2.24) is 15.2 Å². The van der Waals surface area contributed by atoms with Crippen molar-refractivity contribution in [3.8, 4) is 0 Å². The number of carbonyl (C=O) groups excluding carboxylic acids is 1. The van der Waals surface area contributed by atoms with Gasteiger partial charge in [-0.1, -0.05) is 24.1 Å². The van der Waals surface area contributed by atoms with Gasteiger partial charge in [-0.05, 0) is 31.0 Å². The van der Waals surface area contributed by atoms with Crippen molar-refractivity contribution in [2.75, 3.05) is 13.6 Å². The zero-order valence-electron chi connectivity index (χ0n) is 10.5. The van der Waals surface area contributed by atoms with Gasteiger partial charge in [-0.15, -0.1) is 0 Å². The summed E-state index contributed by atoms with van der Waals surface area (Å²) in [6.45, 7) is 1.71. The highest BCUT2D eigenvalue weighted by Gasteiger charge is 2.27. The molecule has 1 aliphatic heterocycles. The van der Waals surface area contributed by atoms with Crippen LogP contribution >= 0.6 is 11.6 Å². The monoisotopic (exact) mass is 267 g/mol. The van der Waals surface area contributed by atoms with Crippen molar-refractivity contribution < 1.29 is 4.79 Å². The summed E-state index contributed by atoms with van der Waals surface area (Å²) in [5.74, 6) is 0.108. The smallest absolute Gasteiger partial charge is 0.237 e. The predicted molar refractivity (Wildman–Crippen MR) is 71.4 cm³/mol. The summed E-state index contributed by atoms with van der Waals surface area (Å²) < 4.78 is 0. The summed E-state index contributed by atoms with van der Waals surface area (Å²) in [4.78, 5) is 18.1. The van der Waals surface area contributed by atoms with Crippen LogP contribution in [0.4, 0.5) is 0 Å². The van der Waals surface area contributed by atoms with Gasteiger partial charge in [0.2, 0.25) is 5.91 Å². The molecule has 5 heteroatoms. The van der Waals surface area contributed by atoms with Gasteiger partial charge in [0.15, 0.2) is 0 Å². The van der Waals surface area contributed by atoms with Crippen LogP contribution < -0.4 is 5.32 Å². The second-order valence-electron chi connectivity index (χ2n) is 4.59. The van der Waals surface area contributed by atoms with Crippen LogP contribution in [-0.2, 0) is 11.3 Å². The molecule has 4 nitrogen and oxygen atoms in total. The Balaban J connectivity index is 2.05. The minimum absolute atomic E-state index is 0.0144. The molecule has 1 N–H and O–H groups in total. The molecule has 0 bridgehead atoms. The van der Waals surface area contributed by atoms with Gasteiger partial charge in [-0.25, -0.2) is 4.98 Å². The first kappa shape index (κ1) is 13.3. The normalized spacial score (nSPS) is 20.7. The number of carbonyl (C=O) groups is 1. The quantitative estimate of drug-likeness (QED) is 0.850. The number of likely N-dealkylation sites (N-methyl/N-ethyl adjacent to an activating group) is 1. The summed E-state index contributed by atoms with van der Waals surface area (Å²) >= 11 is 5.77. The molecule has 1 atom stereocenters. The highest BCUT2D eigenvalue weighted by atomic mass is 35.5. The van der Waals surface area contributed by atoms with E-state index in [1.54, 1.807) is 19.3 Å². The van der Waals surface area contributed by atoms with Crippen LogP contribution in [0.1, 0.15) is 24.8 Å². The van der Waals surface area contributed by atoms with Gasteiger partial charge in [0.05, 0.1) is 6.04 Å². The summed E-state index contributed by atoms with van der Waals surface area (Å²) in [6, 6.07) is 3.74. The van der Waals surface area contributed by atoms with E-state index in [4.69, 9.17) is 11.6 Å². The van der Waals surface area contributed by atoms with Crippen LogP contribution in [-0.4, -0.2) is 35.4 Å². The van der Waals surface area contributed by atoms with Crippen LogP contribution in [0.2, 0.25) is 5.15 Å². The molecule has 18 heavy (non-hydrogen) atoms. The molecule has 1 saturated heterocycles. The summed E-state index contributed by atoms with van der Waals surface area (Å²) in [7, 11) is 1.69. The first-order chi connectivity index (χ1) is 8.70. The van der Waals surface area contributed by atoms with Gasteiger partial charge >= 0.3 is 0 Å². The number of nitrogens with zero attached hydrogens (tertiary/aromatic N) is 2. The van der Waals surface area contributed by atoms with Gasteiger partial charge in [0.1, 0.15) is 5.15 Å². The zero-order chi connectivity index (χ0) is 13.0. The SMILES string of the molecule is CNC(=O)C1CCCCN1Cc1ccc(Cl)nc1. The van der Waals surface area contributed by atoms with Crippen LogP contribution in [0.5, 0.6) is 0 Å². The number of rotatable bonds is 3. The lowest BCUT2D eigenvalue weighted by Gasteiger charge is -2.34. The molecular formula is C13H18ClN3O. The van der Waals surface area contributed by atoms with E-state index in [0.29, 0.717) is 5.15 Å². The molecule has 1 aliphatic rings. The second-order valence-corrected chi connectivity index (χ2v) is 4.97. The van der Waals surface area contributed by atoms with Gasteiger partial charge in [0, 0.05) is 19.8 Å². The first-order valence-electron chi connectivity index (χ1n) is 6.27. The van der Waals surface area contributed by atoms with Crippen LogP contribution in [0.3, 0.4) is 0 Å². The maximum Gasteiger partial charge on any atom is 0.237 e. The number of hydrogen-bond acceptors (Lipinski definition) is 3. The highest BCUT2D eigenvalue weighted by molar-refractivity contribution is 6.29. The number of aromatic nitrogens is 1. The molecule has 0 radical (unpaired) electrons. The van der Waals surface area contributed by atoms with E-state index in [1.807, 2.05) is 6.07 Å². The molecule has 0 saturated carbocycles. The number of hydrogen-bond donors (Lipinski definition) is 1. The lowest BCUT2D eigenvalue weighted by Crippen LogP contribution is -2.48. The Hall–Kier alpha value is -1.13. The Morgan fingerprint density at radius 2 is 2.39 bits per heavy atom. The average molecular weight is 268 g/mol. The number of piperidine rings is 1. The van der Waals surface area contributed by atoms with E-state index in [9.17, 15) is 4.79 Å². The van der Waals surface area contributed by atoms with E-state index >= 15 is 0 Å². The molecule has 1 aromatic rings. The van der Waals surface area contributed by atoms with Crippen molar-refractivity contribution in [2.45, 2.75) is 31.8 Å². The fourth-order valence-electron chi connectivity index (χ4n) is 2.38. The fraction of sp³-hybridized carbons (Fsp3) is 0.538. The zero-order valence-corrected chi connectivity index (χ0v) is 11.3. The number of nitrogens with one attached hydrogen (secondary N) is 1. The minimum atomic E-state index is -0.0144. The molecule has 2 heterocycles. The maximum atomic E-state index is 11.8. The molecule has 1 unspecified atom stereocenters. The molecule has 0 aliphatic carbocycles. The molecule has 98 valence electrons. The molecule has 1 fully saturated rings. The highest BCUT2D eigenvalue weighted by Crippen LogP contribution is 2.20. The fourth-order valence-corrected chi connectivity index (χ4v) is 2.49.